The van der Waals surface area contributed by atoms with Crippen LogP contribution in [-0.4, -0.2) is 34.8 Å². The van der Waals surface area contributed by atoms with Crippen LogP contribution < -0.4 is 5.32 Å². The molecular weight excluding hydrogens is 394 g/mol. The van der Waals surface area contributed by atoms with Gasteiger partial charge < -0.3 is 10.2 Å². The van der Waals surface area contributed by atoms with Crippen LogP contribution in [0, 0.1) is 13.8 Å². The van der Waals surface area contributed by atoms with Gasteiger partial charge in [0, 0.05) is 30.8 Å². The van der Waals surface area contributed by atoms with Crippen molar-refractivity contribution in [1.82, 2.24) is 9.88 Å². The standard InChI is InChI=1S/C24H25N3O2S/c1-16-19(24(29)27-13-6-7-14-27)11-8-12-20(16)26-23(28)22-17(2)25-21(30-22)15-18-9-4-3-5-10-18/h3-5,8-12H,6-7,13-15H2,1-2H3,(H,26,28). The molecule has 0 spiro atoms. The maximum absolute atomic E-state index is 13.0. The summed E-state index contributed by atoms with van der Waals surface area (Å²) in [6, 6.07) is 15.6. The minimum absolute atomic E-state index is 0.0419. The smallest absolute Gasteiger partial charge is 0.267 e. The summed E-state index contributed by atoms with van der Waals surface area (Å²) in [5.74, 6) is -0.140. The number of thiazole rings is 1. The molecule has 6 heteroatoms. The van der Waals surface area contributed by atoms with Crippen LogP contribution >= 0.6 is 11.3 Å². The summed E-state index contributed by atoms with van der Waals surface area (Å²) in [5, 5.41) is 3.91. The second kappa shape index (κ2) is 8.79. The Morgan fingerprint density at radius 1 is 1.03 bits per heavy atom. The van der Waals surface area contributed by atoms with Gasteiger partial charge in [-0.1, -0.05) is 36.4 Å². The van der Waals surface area contributed by atoms with Gasteiger partial charge in [0.15, 0.2) is 0 Å². The zero-order chi connectivity index (χ0) is 21.1. The predicted octanol–water partition coefficient (Wildman–Crippen LogP) is 4.84. The largest absolute Gasteiger partial charge is 0.339 e. The van der Waals surface area contributed by atoms with Crippen molar-refractivity contribution in [2.75, 3.05) is 18.4 Å². The summed E-state index contributed by atoms with van der Waals surface area (Å²) in [7, 11) is 0. The first kappa shape index (κ1) is 20.3. The summed E-state index contributed by atoms with van der Waals surface area (Å²) in [6.45, 7) is 5.36. The van der Waals surface area contributed by atoms with Crippen molar-refractivity contribution in [3.63, 3.8) is 0 Å². The molecule has 0 saturated carbocycles. The number of amides is 2. The lowest BCUT2D eigenvalue weighted by Gasteiger charge is -2.18. The average molecular weight is 420 g/mol. The Morgan fingerprint density at radius 2 is 1.77 bits per heavy atom. The molecule has 0 radical (unpaired) electrons. The highest BCUT2D eigenvalue weighted by molar-refractivity contribution is 7.14. The zero-order valence-electron chi connectivity index (χ0n) is 17.3. The fraction of sp³-hybridized carbons (Fsp3) is 0.292. The maximum Gasteiger partial charge on any atom is 0.267 e. The number of aryl methyl sites for hydroxylation is 1. The Morgan fingerprint density at radius 3 is 2.50 bits per heavy atom. The van der Waals surface area contributed by atoms with E-state index in [1.165, 1.54) is 16.9 Å². The lowest BCUT2D eigenvalue weighted by Crippen LogP contribution is -2.28. The minimum Gasteiger partial charge on any atom is -0.339 e. The number of hydrogen-bond acceptors (Lipinski definition) is 4. The third-order valence-electron chi connectivity index (χ3n) is 5.45. The Kier molecular flexibility index (Phi) is 5.95. The number of likely N-dealkylation sites (tertiary alicyclic amines) is 1. The van der Waals surface area contributed by atoms with Crippen molar-refractivity contribution in [1.29, 1.82) is 0 Å². The van der Waals surface area contributed by atoms with Gasteiger partial charge in [0.1, 0.15) is 4.88 Å². The SMILES string of the molecule is Cc1nc(Cc2ccccc2)sc1C(=O)Nc1cccc(C(=O)N2CCCC2)c1C. The normalized spacial score (nSPS) is 13.5. The molecule has 0 unspecified atom stereocenters. The van der Waals surface area contributed by atoms with Crippen molar-refractivity contribution >= 4 is 28.8 Å². The first-order valence-corrected chi connectivity index (χ1v) is 11.0. The van der Waals surface area contributed by atoms with E-state index in [4.69, 9.17) is 0 Å². The van der Waals surface area contributed by atoms with E-state index in [0.717, 1.165) is 42.2 Å². The van der Waals surface area contributed by atoms with E-state index >= 15 is 0 Å². The van der Waals surface area contributed by atoms with Gasteiger partial charge in [0.05, 0.1) is 10.7 Å². The van der Waals surface area contributed by atoms with Gasteiger partial charge in [-0.2, -0.15) is 0 Å². The summed E-state index contributed by atoms with van der Waals surface area (Å²) in [6.07, 6.45) is 2.81. The van der Waals surface area contributed by atoms with E-state index in [0.29, 0.717) is 22.5 Å². The number of carbonyl (C=O) groups is 2. The highest BCUT2D eigenvalue weighted by Gasteiger charge is 2.23. The van der Waals surface area contributed by atoms with E-state index in [1.807, 2.05) is 55.1 Å². The maximum atomic E-state index is 13.0. The van der Waals surface area contributed by atoms with Gasteiger partial charge in [-0.05, 0) is 49.9 Å². The molecule has 154 valence electrons. The molecule has 1 aromatic heterocycles. The number of rotatable bonds is 5. The van der Waals surface area contributed by atoms with Gasteiger partial charge in [-0.3, -0.25) is 9.59 Å². The third-order valence-corrected chi connectivity index (χ3v) is 6.61. The summed E-state index contributed by atoms with van der Waals surface area (Å²) in [4.78, 5) is 32.8. The highest BCUT2D eigenvalue weighted by atomic mass is 32.1. The van der Waals surface area contributed by atoms with Gasteiger partial charge in [0.25, 0.3) is 11.8 Å². The van der Waals surface area contributed by atoms with Crippen LogP contribution in [0.2, 0.25) is 0 Å². The fourth-order valence-corrected chi connectivity index (χ4v) is 4.78. The van der Waals surface area contributed by atoms with E-state index in [9.17, 15) is 9.59 Å². The highest BCUT2D eigenvalue weighted by Crippen LogP contribution is 2.25. The molecule has 1 aliphatic heterocycles. The summed E-state index contributed by atoms with van der Waals surface area (Å²) in [5.41, 5.74) is 4.02. The quantitative estimate of drug-likeness (QED) is 0.644. The molecule has 30 heavy (non-hydrogen) atoms. The van der Waals surface area contributed by atoms with Crippen molar-refractivity contribution in [3.8, 4) is 0 Å². The number of nitrogens with zero attached hydrogens (tertiary/aromatic N) is 2. The van der Waals surface area contributed by atoms with Crippen LogP contribution in [-0.2, 0) is 6.42 Å². The van der Waals surface area contributed by atoms with Crippen LogP contribution in [0.1, 0.15) is 54.7 Å². The van der Waals surface area contributed by atoms with Crippen molar-refractivity contribution in [2.45, 2.75) is 33.1 Å². The molecule has 2 heterocycles. The Hall–Kier alpha value is -2.99. The van der Waals surface area contributed by atoms with Crippen LogP contribution in [0.25, 0.3) is 0 Å². The van der Waals surface area contributed by atoms with Crippen molar-refractivity contribution in [2.24, 2.45) is 0 Å². The summed E-state index contributed by atoms with van der Waals surface area (Å²) < 4.78 is 0. The molecule has 0 bridgehead atoms. The van der Waals surface area contributed by atoms with E-state index < -0.39 is 0 Å². The van der Waals surface area contributed by atoms with Crippen LogP contribution in [0.15, 0.2) is 48.5 Å². The molecule has 1 fully saturated rings. The number of aromatic nitrogens is 1. The number of anilines is 1. The molecule has 4 rings (SSSR count). The number of nitrogens with one attached hydrogen (secondary N) is 1. The first-order valence-electron chi connectivity index (χ1n) is 10.2. The topological polar surface area (TPSA) is 62.3 Å². The second-order valence-electron chi connectivity index (χ2n) is 7.62. The third kappa shape index (κ3) is 4.28. The Balaban J connectivity index is 1.51. The molecule has 5 nitrogen and oxygen atoms in total. The van der Waals surface area contributed by atoms with Crippen molar-refractivity contribution in [3.05, 3.63) is 80.8 Å². The number of benzene rings is 2. The molecule has 1 aliphatic rings. The minimum atomic E-state index is -0.182. The van der Waals surface area contributed by atoms with E-state index in [-0.39, 0.29) is 11.8 Å². The second-order valence-corrected chi connectivity index (χ2v) is 8.70. The monoisotopic (exact) mass is 419 g/mol. The summed E-state index contributed by atoms with van der Waals surface area (Å²) >= 11 is 1.42. The molecule has 0 atom stereocenters. The van der Waals surface area contributed by atoms with Gasteiger partial charge in [-0.25, -0.2) is 4.98 Å². The van der Waals surface area contributed by atoms with Crippen molar-refractivity contribution < 1.29 is 9.59 Å². The molecule has 1 N–H and O–H groups in total. The molecule has 2 amide bonds. The lowest BCUT2D eigenvalue weighted by atomic mass is 10.1. The first-order chi connectivity index (χ1) is 14.5. The van der Waals surface area contributed by atoms with Gasteiger partial charge in [0.2, 0.25) is 0 Å². The van der Waals surface area contributed by atoms with Gasteiger partial charge >= 0.3 is 0 Å². The van der Waals surface area contributed by atoms with Crippen LogP contribution in [0.4, 0.5) is 5.69 Å². The Labute approximate surface area is 180 Å². The number of hydrogen-bond donors (Lipinski definition) is 1. The molecule has 3 aromatic rings. The Bertz CT molecular complexity index is 1070. The predicted molar refractivity (Wildman–Crippen MR) is 120 cm³/mol. The average Bonchev–Trinajstić information content (AvgIpc) is 3.40. The van der Waals surface area contributed by atoms with E-state index in [2.05, 4.69) is 22.4 Å². The van der Waals surface area contributed by atoms with E-state index in [1.54, 1.807) is 0 Å². The molecule has 1 saturated heterocycles. The van der Waals surface area contributed by atoms with Crippen LogP contribution in [0.3, 0.4) is 0 Å². The van der Waals surface area contributed by atoms with Crippen LogP contribution in [0.5, 0.6) is 0 Å². The molecular formula is C24H25N3O2S. The molecule has 0 aliphatic carbocycles. The molecule has 2 aromatic carbocycles. The zero-order valence-corrected chi connectivity index (χ0v) is 18.1. The van der Waals surface area contributed by atoms with Gasteiger partial charge in [-0.15, -0.1) is 11.3 Å². The lowest BCUT2D eigenvalue weighted by molar-refractivity contribution is 0.0791. The number of carbonyl (C=O) groups excluding carboxylic acids is 2. The fourth-order valence-electron chi connectivity index (χ4n) is 3.78.